The minimum Gasteiger partial charge on any atom is -0.0885 e. The Labute approximate surface area is 43.9 Å². The van der Waals surface area contributed by atoms with Crippen molar-refractivity contribution in [3.63, 3.8) is 0 Å². The standard InChI is InChI=1S/C5H8S/c1-3-5(2)4-6/h3-4H,1-2H3/b5-3+. The quantitative estimate of drug-likeness (QED) is 0.358. The van der Waals surface area contributed by atoms with Crippen LogP contribution in [0.4, 0.5) is 0 Å². The second-order valence-electron chi connectivity index (χ2n) is 1.15. The van der Waals surface area contributed by atoms with Crippen molar-refractivity contribution in [2.75, 3.05) is 0 Å². The average Bonchev–Trinajstić information content (AvgIpc) is 1.65. The molecule has 34 valence electrons. The van der Waals surface area contributed by atoms with Gasteiger partial charge in [-0.25, -0.2) is 0 Å². The predicted molar refractivity (Wildman–Crippen MR) is 33.1 cm³/mol. The summed E-state index contributed by atoms with van der Waals surface area (Å²) in [6, 6.07) is 0. The van der Waals surface area contributed by atoms with Gasteiger partial charge in [-0.15, -0.1) is 0 Å². The number of thiocarbonyl (C=S) groups is 1. The Bertz CT molecular complexity index is 72.0. The van der Waals surface area contributed by atoms with E-state index < -0.39 is 0 Å². The Hall–Kier alpha value is -0.170. The predicted octanol–water partition coefficient (Wildman–Crippen LogP) is 1.95. The van der Waals surface area contributed by atoms with Crippen LogP contribution in [0.5, 0.6) is 0 Å². The second-order valence-corrected chi connectivity index (χ2v) is 1.39. The molecule has 0 nitrogen and oxygen atoms in total. The molecule has 0 heterocycles. The van der Waals surface area contributed by atoms with E-state index in [4.69, 9.17) is 0 Å². The molecule has 0 aromatic rings. The number of hydrogen-bond acceptors (Lipinski definition) is 1. The molecule has 0 spiro atoms. The topological polar surface area (TPSA) is 0 Å². The van der Waals surface area contributed by atoms with E-state index in [1.54, 1.807) is 5.37 Å². The first kappa shape index (κ1) is 5.83. The maximum atomic E-state index is 4.58. The summed E-state index contributed by atoms with van der Waals surface area (Å²) in [5.41, 5.74) is 1.16. The van der Waals surface area contributed by atoms with Gasteiger partial charge in [0.25, 0.3) is 0 Å². The molecule has 0 radical (unpaired) electrons. The van der Waals surface area contributed by atoms with Crippen LogP contribution >= 0.6 is 12.2 Å². The third kappa shape index (κ3) is 2.09. The normalized spacial score (nSPS) is 11.3. The van der Waals surface area contributed by atoms with Crippen LogP contribution in [0.3, 0.4) is 0 Å². The first-order chi connectivity index (χ1) is 2.81. The third-order valence-electron chi connectivity index (χ3n) is 0.641. The van der Waals surface area contributed by atoms with Crippen LogP contribution < -0.4 is 0 Å². The van der Waals surface area contributed by atoms with Crippen molar-refractivity contribution in [3.8, 4) is 0 Å². The van der Waals surface area contributed by atoms with E-state index in [0.29, 0.717) is 0 Å². The van der Waals surface area contributed by atoms with E-state index in [2.05, 4.69) is 12.2 Å². The summed E-state index contributed by atoms with van der Waals surface area (Å²) < 4.78 is 0. The SMILES string of the molecule is C/C=C(\C)C=S. The van der Waals surface area contributed by atoms with E-state index in [9.17, 15) is 0 Å². The molecule has 0 N–H and O–H groups in total. The lowest BCUT2D eigenvalue weighted by Gasteiger charge is -1.76. The molecule has 0 aromatic heterocycles. The van der Waals surface area contributed by atoms with Crippen molar-refractivity contribution >= 4 is 17.6 Å². The molecule has 0 unspecified atom stereocenters. The van der Waals surface area contributed by atoms with Gasteiger partial charge in [0.05, 0.1) is 0 Å². The molecule has 0 saturated heterocycles. The third-order valence-corrected chi connectivity index (χ3v) is 1.01. The smallest absolute Gasteiger partial charge is 0.00395 e. The van der Waals surface area contributed by atoms with Crippen LogP contribution in [-0.4, -0.2) is 5.37 Å². The molecule has 0 amide bonds. The molecule has 0 atom stereocenters. The fourth-order valence-electron chi connectivity index (χ4n) is 0.0680. The summed E-state index contributed by atoms with van der Waals surface area (Å²) >= 11 is 4.58. The maximum absolute atomic E-state index is 4.58. The van der Waals surface area contributed by atoms with Crippen molar-refractivity contribution in [1.82, 2.24) is 0 Å². The lowest BCUT2D eigenvalue weighted by atomic mass is 10.3. The highest BCUT2D eigenvalue weighted by Gasteiger charge is 1.68. The summed E-state index contributed by atoms with van der Waals surface area (Å²) in [7, 11) is 0. The summed E-state index contributed by atoms with van der Waals surface area (Å²) in [4.78, 5) is 0. The highest BCUT2D eigenvalue weighted by Crippen LogP contribution is 1.82. The zero-order valence-electron chi connectivity index (χ0n) is 4.06. The van der Waals surface area contributed by atoms with Gasteiger partial charge in [0.15, 0.2) is 0 Å². The molecule has 0 saturated carbocycles. The van der Waals surface area contributed by atoms with E-state index >= 15 is 0 Å². The van der Waals surface area contributed by atoms with Gasteiger partial charge >= 0.3 is 0 Å². The van der Waals surface area contributed by atoms with E-state index in [1.165, 1.54) is 0 Å². The summed E-state index contributed by atoms with van der Waals surface area (Å²) in [6.45, 7) is 3.95. The van der Waals surface area contributed by atoms with Crippen LogP contribution in [0, 0.1) is 0 Å². The Kier molecular flexibility index (Phi) is 2.95. The first-order valence-corrected chi connectivity index (χ1v) is 2.36. The maximum Gasteiger partial charge on any atom is 0.00395 e. The van der Waals surface area contributed by atoms with Crippen LogP contribution in [-0.2, 0) is 0 Å². The fraction of sp³-hybridized carbons (Fsp3) is 0.400. The van der Waals surface area contributed by atoms with Crippen LogP contribution in [0.25, 0.3) is 0 Å². The van der Waals surface area contributed by atoms with Gasteiger partial charge in [0, 0.05) is 5.37 Å². The van der Waals surface area contributed by atoms with Gasteiger partial charge in [-0.2, -0.15) is 0 Å². The molecule has 0 aliphatic heterocycles. The zero-order chi connectivity index (χ0) is 4.99. The second kappa shape index (κ2) is 3.04. The lowest BCUT2D eigenvalue weighted by molar-refractivity contribution is 1.57. The highest BCUT2D eigenvalue weighted by molar-refractivity contribution is 7.79. The van der Waals surface area contributed by atoms with E-state index in [1.807, 2.05) is 19.9 Å². The van der Waals surface area contributed by atoms with Gasteiger partial charge in [-0.05, 0) is 19.4 Å². The monoisotopic (exact) mass is 100 g/mol. The van der Waals surface area contributed by atoms with Crippen molar-refractivity contribution in [1.29, 1.82) is 0 Å². The van der Waals surface area contributed by atoms with Crippen LogP contribution in [0.2, 0.25) is 0 Å². The van der Waals surface area contributed by atoms with Crippen LogP contribution in [0.1, 0.15) is 13.8 Å². The first-order valence-electron chi connectivity index (χ1n) is 1.89. The fourth-order valence-corrected chi connectivity index (χ4v) is 0.204. The molecule has 0 aromatic carbocycles. The van der Waals surface area contributed by atoms with Crippen molar-refractivity contribution in [3.05, 3.63) is 11.6 Å². The van der Waals surface area contributed by atoms with E-state index in [0.717, 1.165) is 5.57 Å². The Morgan fingerprint density at radius 1 is 1.67 bits per heavy atom. The molecular formula is C5H8S. The number of allylic oxidation sites excluding steroid dienone is 2. The van der Waals surface area contributed by atoms with E-state index in [-0.39, 0.29) is 0 Å². The van der Waals surface area contributed by atoms with Crippen molar-refractivity contribution in [2.24, 2.45) is 0 Å². The van der Waals surface area contributed by atoms with Gasteiger partial charge in [-0.3, -0.25) is 0 Å². The van der Waals surface area contributed by atoms with Gasteiger partial charge < -0.3 is 0 Å². The molecule has 0 fully saturated rings. The molecule has 0 aliphatic rings. The van der Waals surface area contributed by atoms with Crippen molar-refractivity contribution in [2.45, 2.75) is 13.8 Å². The summed E-state index contributed by atoms with van der Waals surface area (Å²) in [5, 5.41) is 1.67. The molecular weight excluding hydrogens is 92.1 g/mol. The number of hydrogen-bond donors (Lipinski definition) is 0. The Morgan fingerprint density at radius 3 is 2.17 bits per heavy atom. The molecule has 6 heavy (non-hydrogen) atoms. The minimum atomic E-state index is 1.16. The van der Waals surface area contributed by atoms with Gasteiger partial charge in [0.2, 0.25) is 0 Å². The molecule has 1 heteroatoms. The average molecular weight is 100 g/mol. The number of rotatable bonds is 1. The Balaban J connectivity index is 3.50. The molecule has 0 aliphatic carbocycles. The molecule has 0 rings (SSSR count). The summed E-state index contributed by atoms with van der Waals surface area (Å²) in [5.74, 6) is 0. The zero-order valence-corrected chi connectivity index (χ0v) is 4.88. The Morgan fingerprint density at radius 2 is 2.17 bits per heavy atom. The lowest BCUT2D eigenvalue weighted by Crippen LogP contribution is -1.66. The minimum absolute atomic E-state index is 1.16. The summed E-state index contributed by atoms with van der Waals surface area (Å²) in [6.07, 6.45) is 1.98. The molecule has 0 bridgehead atoms. The van der Waals surface area contributed by atoms with Crippen LogP contribution in [0.15, 0.2) is 11.6 Å². The van der Waals surface area contributed by atoms with Gasteiger partial charge in [-0.1, -0.05) is 18.3 Å². The van der Waals surface area contributed by atoms with Crippen molar-refractivity contribution < 1.29 is 0 Å². The largest absolute Gasteiger partial charge is 0.0885 e. The van der Waals surface area contributed by atoms with Gasteiger partial charge in [0.1, 0.15) is 0 Å². The highest BCUT2D eigenvalue weighted by atomic mass is 32.1.